The van der Waals surface area contributed by atoms with Crippen LogP contribution in [0.4, 0.5) is 0 Å². The van der Waals surface area contributed by atoms with Gasteiger partial charge in [0.05, 0.1) is 0 Å². The SMILES string of the molecule is C=CC(=O)OC[Si](C)(C)O[Si](C)(C)O[Si](C)(C)O[Si](C)(C)O[Si](C)(C)O[Si](C)(C)O[Si](C)(C)O[Si](C)(C)O[Si](C)(C)O[Si](C)(C)O[Si](C)(C)O[Si](C)(C)O[Si](C)(C)O[Si](C)(C)O[Si](C)(C)O[Si](C)(C)O. The summed E-state index contributed by atoms with van der Waals surface area (Å²) in [6.45, 7) is 67.4. The van der Waals surface area contributed by atoms with Crippen molar-refractivity contribution in [1.82, 2.24) is 0 Å². The number of carbonyl (C=O) groups excluding carboxylic acids is 1. The maximum absolute atomic E-state index is 11.7. The molecule has 0 radical (unpaired) electrons. The van der Waals surface area contributed by atoms with E-state index >= 15 is 0 Å². The summed E-state index contributed by atoms with van der Waals surface area (Å²) in [5.74, 6) is -0.469. The van der Waals surface area contributed by atoms with Crippen molar-refractivity contribution in [3.63, 3.8) is 0 Å². The van der Waals surface area contributed by atoms with Crippen LogP contribution in [0.1, 0.15) is 0 Å². The van der Waals surface area contributed by atoms with E-state index in [4.69, 9.17) is 66.5 Å². The normalized spacial score (nSPS) is 15.7. The first kappa shape index (κ1) is 72.0. The highest BCUT2D eigenvalue weighted by molar-refractivity contribution is 6.95. The lowest BCUT2D eigenvalue weighted by molar-refractivity contribution is -0.136. The Hall–Kier alpha value is 2.04. The van der Waals surface area contributed by atoms with Crippen LogP contribution in [0.5, 0.6) is 0 Å². The number of hydrogen-bond donors (Lipinski definition) is 1. The minimum absolute atomic E-state index is 0.206. The Labute approximate surface area is 444 Å². The highest BCUT2D eigenvalue weighted by Crippen LogP contribution is 2.33. The van der Waals surface area contributed by atoms with E-state index in [1.54, 1.807) is 13.1 Å². The molecule has 0 fully saturated rings. The molecule has 0 bridgehead atoms. The van der Waals surface area contributed by atoms with Crippen molar-refractivity contribution in [3.05, 3.63) is 12.7 Å². The molecule has 0 aromatic heterocycles. The predicted octanol–water partition coefficient (Wildman–Crippen LogP) is 11.2. The lowest BCUT2D eigenvalue weighted by Crippen LogP contribution is -2.63. The summed E-state index contributed by atoms with van der Waals surface area (Å²) in [4.78, 5) is 22.1. The van der Waals surface area contributed by atoms with E-state index < -0.39 is 143 Å². The maximum Gasteiger partial charge on any atom is 0.329 e. The van der Waals surface area contributed by atoms with Gasteiger partial charge in [0, 0.05) is 6.08 Å². The molecule has 0 aliphatic rings. The highest BCUT2D eigenvalue weighted by Gasteiger charge is 2.53. The standard InChI is InChI=1S/C36H102O18Si16/c1-34-36(37)39-35-55(2,3)40-57(6,7)42-59(10,11)44-61(14,15)46-63(18,19)48-65(22,23)50-67(26,27)52-69(30,31)54-70(32,33)53-68(28,29)51-66(24,25)49-64(20,21)47-62(16,17)45-60(12,13)43-58(8,9)41-56(4,5)38/h34,38H,1,35H2,2-33H3. The Bertz CT molecular complexity index is 1720. The topological polar surface area (TPSA) is 185 Å². The summed E-state index contributed by atoms with van der Waals surface area (Å²) in [6, 6.07) is 0. The van der Waals surface area contributed by atoms with Crippen LogP contribution in [-0.2, 0) is 71.3 Å². The van der Waals surface area contributed by atoms with Gasteiger partial charge in [-0.05, 0) is 210 Å². The van der Waals surface area contributed by atoms with E-state index in [-0.39, 0.29) is 6.23 Å². The summed E-state index contributed by atoms with van der Waals surface area (Å²) < 4.78 is 106. The van der Waals surface area contributed by atoms with Gasteiger partial charge >= 0.3 is 134 Å². The third-order valence-corrected chi connectivity index (χ3v) is 68.2. The van der Waals surface area contributed by atoms with Crippen LogP contribution in [0, 0.1) is 0 Å². The second-order valence-electron chi connectivity index (χ2n) is 25.1. The summed E-state index contributed by atoms with van der Waals surface area (Å²) >= 11 is 0. The smallest absolute Gasteiger partial charge is 0.329 e. The quantitative estimate of drug-likeness (QED) is 0.0371. The van der Waals surface area contributed by atoms with E-state index in [0.29, 0.717) is 0 Å². The number of hydrogen-bond acceptors (Lipinski definition) is 18. The Morgan fingerprint density at radius 2 is 0.443 bits per heavy atom. The lowest BCUT2D eigenvalue weighted by atomic mass is 10.7. The first-order valence-corrected chi connectivity index (χ1v) is 69.5. The van der Waals surface area contributed by atoms with Crippen molar-refractivity contribution in [2.45, 2.75) is 210 Å². The van der Waals surface area contributed by atoms with Crippen molar-refractivity contribution in [1.29, 1.82) is 0 Å². The molecule has 418 valence electrons. The minimum Gasteiger partial charge on any atom is -0.463 e. The van der Waals surface area contributed by atoms with Crippen molar-refractivity contribution >= 4 is 143 Å². The third kappa shape index (κ3) is 33.4. The van der Waals surface area contributed by atoms with Crippen LogP contribution < -0.4 is 0 Å². The van der Waals surface area contributed by atoms with Gasteiger partial charge in [0.1, 0.15) is 6.23 Å². The van der Waals surface area contributed by atoms with Gasteiger partial charge in [-0.1, -0.05) is 6.58 Å². The Balaban J connectivity index is 5.73. The zero-order chi connectivity index (χ0) is 56.3. The number of carbonyl (C=O) groups is 1. The minimum atomic E-state index is -2.85. The fourth-order valence-electron chi connectivity index (χ4n) is 9.59. The van der Waals surface area contributed by atoms with Crippen molar-refractivity contribution in [2.24, 2.45) is 0 Å². The summed E-state index contributed by atoms with van der Waals surface area (Å²) in [5.41, 5.74) is 0. The van der Waals surface area contributed by atoms with Gasteiger partial charge in [-0.25, -0.2) is 4.79 Å². The molecule has 0 unspecified atom stereocenters. The van der Waals surface area contributed by atoms with Gasteiger partial charge in [-0.15, -0.1) is 0 Å². The fraction of sp³-hybridized carbons (Fsp3) is 0.917. The average molecular weight is 1270 g/mol. The summed E-state index contributed by atoms with van der Waals surface area (Å²) in [5, 5.41) is 0. The van der Waals surface area contributed by atoms with Gasteiger partial charge in [0.2, 0.25) is 8.32 Å². The van der Waals surface area contributed by atoms with Gasteiger partial charge in [0.15, 0.2) is 0 Å². The molecule has 18 nitrogen and oxygen atoms in total. The molecule has 0 saturated heterocycles. The molecule has 0 aliphatic carbocycles. The van der Waals surface area contributed by atoms with Crippen LogP contribution in [0.3, 0.4) is 0 Å². The Morgan fingerprint density at radius 1 is 0.300 bits per heavy atom. The van der Waals surface area contributed by atoms with Crippen molar-refractivity contribution < 1.29 is 76.1 Å². The van der Waals surface area contributed by atoms with Gasteiger partial charge in [0.25, 0.3) is 0 Å². The Morgan fingerprint density at radius 3 is 0.586 bits per heavy atom. The second kappa shape index (κ2) is 24.6. The number of ether oxygens (including phenoxy) is 1. The van der Waals surface area contributed by atoms with Gasteiger partial charge < -0.3 is 71.3 Å². The largest absolute Gasteiger partial charge is 0.463 e. The maximum atomic E-state index is 11.7. The van der Waals surface area contributed by atoms with Crippen LogP contribution in [-0.4, -0.2) is 154 Å². The molecule has 0 aliphatic heterocycles. The molecule has 0 aromatic carbocycles. The molecule has 1 N–H and O–H groups in total. The average Bonchev–Trinajstić information content (AvgIpc) is 2.88. The molecule has 0 heterocycles. The first-order valence-electron chi connectivity index (χ1n) is 24.1. The van der Waals surface area contributed by atoms with Crippen LogP contribution in [0.25, 0.3) is 0 Å². The van der Waals surface area contributed by atoms with E-state index in [1.165, 1.54) is 0 Å². The molecule has 70 heavy (non-hydrogen) atoms. The van der Waals surface area contributed by atoms with E-state index in [2.05, 4.69) is 6.58 Å². The van der Waals surface area contributed by atoms with Crippen LogP contribution in [0.15, 0.2) is 12.7 Å². The predicted molar refractivity (Wildman–Crippen MR) is 319 cm³/mol. The van der Waals surface area contributed by atoms with Crippen molar-refractivity contribution in [3.8, 4) is 0 Å². The second-order valence-corrected chi connectivity index (χ2v) is 83.3. The zero-order valence-electron chi connectivity index (χ0n) is 49.9. The van der Waals surface area contributed by atoms with Crippen molar-refractivity contribution in [2.75, 3.05) is 6.23 Å². The third-order valence-electron chi connectivity index (χ3n) is 8.14. The molecule has 0 rings (SSSR count). The fourth-order valence-corrected chi connectivity index (χ4v) is 89.6. The monoisotopic (exact) mass is 1270 g/mol. The first-order chi connectivity index (χ1) is 30.1. The zero-order valence-corrected chi connectivity index (χ0v) is 65.9. The summed E-state index contributed by atoms with van der Waals surface area (Å²) in [7, 11) is -44.2. The molecule has 0 aromatic rings. The van der Waals surface area contributed by atoms with Gasteiger partial charge in [-0.2, -0.15) is 0 Å². The number of rotatable bonds is 33. The molecule has 0 amide bonds. The number of esters is 1. The lowest BCUT2D eigenvalue weighted by Gasteiger charge is -2.45. The molecular weight excluding hydrogens is 1170 g/mol. The van der Waals surface area contributed by atoms with E-state index in [9.17, 15) is 9.59 Å². The Kier molecular flexibility index (Phi) is 25.3. The molecule has 0 saturated carbocycles. The van der Waals surface area contributed by atoms with E-state index in [0.717, 1.165) is 6.08 Å². The molecule has 0 atom stereocenters. The highest BCUT2D eigenvalue weighted by atomic mass is 28.5. The summed E-state index contributed by atoms with van der Waals surface area (Å²) in [6.07, 6.45) is 1.36. The van der Waals surface area contributed by atoms with Crippen LogP contribution >= 0.6 is 0 Å². The van der Waals surface area contributed by atoms with Crippen LogP contribution in [0.2, 0.25) is 210 Å². The van der Waals surface area contributed by atoms with Gasteiger partial charge in [-0.3, -0.25) is 0 Å². The molecule has 34 heteroatoms. The molecule has 0 spiro atoms. The molecular formula is C36H102O18Si16. The van der Waals surface area contributed by atoms with E-state index in [1.807, 2.05) is 196 Å².